The lowest BCUT2D eigenvalue weighted by atomic mass is 10.1. The van der Waals surface area contributed by atoms with Crippen LogP contribution in [-0.2, 0) is 0 Å². The molecule has 0 N–H and O–H groups in total. The molecule has 3 heterocycles. The van der Waals surface area contributed by atoms with Crippen LogP contribution in [0.15, 0.2) is 89.9 Å². The van der Waals surface area contributed by atoms with Crippen molar-refractivity contribution >= 4 is 34.0 Å². The third-order valence-corrected chi connectivity index (χ3v) is 6.94. The lowest BCUT2D eigenvalue weighted by molar-refractivity contribution is 0.415. The Morgan fingerprint density at radius 2 is 1.69 bits per heavy atom. The van der Waals surface area contributed by atoms with Crippen LogP contribution in [0.2, 0.25) is 5.02 Å². The number of para-hydroxylation sites is 1. The quantitative estimate of drug-likeness (QED) is 0.330. The minimum absolute atomic E-state index is 0.226. The van der Waals surface area contributed by atoms with Gasteiger partial charge in [-0.25, -0.2) is 4.68 Å². The van der Waals surface area contributed by atoms with Gasteiger partial charge in [-0.15, -0.1) is 5.10 Å². The number of nitrogens with zero attached hydrogens (tertiary/aromatic N) is 5. The summed E-state index contributed by atoms with van der Waals surface area (Å²) in [6.45, 7) is 0. The summed E-state index contributed by atoms with van der Waals surface area (Å²) in [5.41, 5.74) is 3.80. The van der Waals surface area contributed by atoms with E-state index in [-0.39, 0.29) is 5.56 Å². The Bertz CT molecular complexity index is 1810. The highest BCUT2D eigenvalue weighted by molar-refractivity contribution is 7.15. The van der Waals surface area contributed by atoms with Gasteiger partial charge in [-0.2, -0.15) is 14.6 Å². The van der Waals surface area contributed by atoms with E-state index < -0.39 is 0 Å². The van der Waals surface area contributed by atoms with Crippen molar-refractivity contribution in [1.29, 1.82) is 0 Å². The lowest BCUT2D eigenvalue weighted by Crippen LogP contribution is -2.23. The first-order chi connectivity index (χ1) is 17.6. The third-order valence-electron chi connectivity index (χ3n) is 5.69. The van der Waals surface area contributed by atoms with Crippen molar-refractivity contribution in [1.82, 2.24) is 24.4 Å². The lowest BCUT2D eigenvalue weighted by Gasteiger charge is -2.05. The fraction of sp³-hybridized carbons (Fsp3) is 0.0370. The fourth-order valence-corrected chi connectivity index (χ4v) is 5.08. The molecule has 0 fully saturated rings. The molecule has 0 saturated carbocycles. The highest BCUT2D eigenvalue weighted by atomic mass is 35.5. The summed E-state index contributed by atoms with van der Waals surface area (Å²) < 4.78 is 8.95. The van der Waals surface area contributed by atoms with Gasteiger partial charge in [-0.3, -0.25) is 4.79 Å². The topological polar surface area (TPSA) is 74.3 Å². The number of fused-ring (bicyclic) bond motifs is 1. The smallest absolute Gasteiger partial charge is 0.291 e. The van der Waals surface area contributed by atoms with E-state index >= 15 is 0 Å². The van der Waals surface area contributed by atoms with E-state index in [1.807, 2.05) is 85.1 Å². The second-order valence-corrected chi connectivity index (χ2v) is 9.39. The summed E-state index contributed by atoms with van der Waals surface area (Å²) in [4.78, 5) is 18.3. The number of ether oxygens (including phenoxy) is 1. The van der Waals surface area contributed by atoms with Crippen molar-refractivity contribution in [2.24, 2.45) is 0 Å². The van der Waals surface area contributed by atoms with Crippen molar-refractivity contribution < 1.29 is 4.74 Å². The number of thiazole rings is 1. The zero-order valence-corrected chi connectivity index (χ0v) is 20.6. The Morgan fingerprint density at radius 3 is 2.39 bits per heavy atom. The molecule has 0 atom stereocenters. The van der Waals surface area contributed by atoms with Gasteiger partial charge in [-0.05, 0) is 36.4 Å². The zero-order chi connectivity index (χ0) is 24.6. The Morgan fingerprint density at radius 1 is 0.944 bits per heavy atom. The largest absolute Gasteiger partial charge is 0.495 e. The van der Waals surface area contributed by atoms with E-state index in [1.54, 1.807) is 17.9 Å². The van der Waals surface area contributed by atoms with Crippen molar-refractivity contribution in [3.8, 4) is 34.1 Å². The van der Waals surface area contributed by atoms with Crippen LogP contribution in [0.1, 0.15) is 5.56 Å². The summed E-state index contributed by atoms with van der Waals surface area (Å²) in [5, 5.41) is 9.74. The molecule has 0 aliphatic rings. The molecule has 3 aromatic heterocycles. The molecular formula is C27H18ClN5O2S. The van der Waals surface area contributed by atoms with Gasteiger partial charge in [0.2, 0.25) is 4.96 Å². The Hall–Kier alpha value is -4.27. The number of aromatic nitrogens is 5. The van der Waals surface area contributed by atoms with E-state index in [2.05, 4.69) is 10.1 Å². The minimum atomic E-state index is -0.226. The first-order valence-electron chi connectivity index (χ1n) is 11.1. The van der Waals surface area contributed by atoms with E-state index in [9.17, 15) is 4.79 Å². The summed E-state index contributed by atoms with van der Waals surface area (Å²) in [6, 6.07) is 24.9. The molecule has 0 unspecified atom stereocenters. The molecule has 176 valence electrons. The Labute approximate surface area is 214 Å². The van der Waals surface area contributed by atoms with Crippen LogP contribution in [0, 0.1) is 0 Å². The average molecular weight is 512 g/mol. The van der Waals surface area contributed by atoms with Crippen molar-refractivity contribution in [2.45, 2.75) is 0 Å². The highest BCUT2D eigenvalue weighted by Gasteiger charge is 2.16. The maximum atomic E-state index is 13.2. The number of halogens is 1. The standard InChI is InChI=1S/C27H18ClN5O2S/c1-35-22-13-12-18(14-21(22)28)24-19(16-32(30-24)20-10-6-3-7-11-20)15-23-26(34)33-27(36-23)29-25(31-33)17-8-4-2-5-9-17/h2-16H,1H3/b23-15-. The van der Waals surface area contributed by atoms with Gasteiger partial charge in [-0.1, -0.05) is 71.5 Å². The minimum Gasteiger partial charge on any atom is -0.495 e. The van der Waals surface area contributed by atoms with Gasteiger partial charge in [0.1, 0.15) is 11.4 Å². The van der Waals surface area contributed by atoms with Gasteiger partial charge in [0.25, 0.3) is 5.56 Å². The van der Waals surface area contributed by atoms with Gasteiger partial charge in [0.05, 0.1) is 22.4 Å². The van der Waals surface area contributed by atoms with Crippen LogP contribution in [0.4, 0.5) is 0 Å². The van der Waals surface area contributed by atoms with Crippen molar-refractivity contribution in [3.05, 3.63) is 111 Å². The first kappa shape index (κ1) is 22.2. The van der Waals surface area contributed by atoms with Gasteiger partial charge in [0, 0.05) is 22.9 Å². The Balaban J connectivity index is 1.50. The third kappa shape index (κ3) is 3.96. The molecule has 6 rings (SSSR count). The molecular weight excluding hydrogens is 494 g/mol. The van der Waals surface area contributed by atoms with Crippen LogP contribution in [-0.4, -0.2) is 31.5 Å². The second-order valence-electron chi connectivity index (χ2n) is 7.97. The second kappa shape index (κ2) is 9.07. The maximum Gasteiger partial charge on any atom is 0.291 e. The number of methoxy groups -OCH3 is 1. The highest BCUT2D eigenvalue weighted by Crippen LogP contribution is 2.32. The summed E-state index contributed by atoms with van der Waals surface area (Å²) in [6.07, 6.45) is 3.72. The van der Waals surface area contributed by atoms with Crippen molar-refractivity contribution in [2.75, 3.05) is 7.11 Å². The predicted octanol–water partition coefficient (Wildman–Crippen LogP) is 4.88. The van der Waals surface area contributed by atoms with Crippen molar-refractivity contribution in [3.63, 3.8) is 0 Å². The molecule has 0 bridgehead atoms. The molecule has 0 saturated heterocycles. The van der Waals surface area contributed by atoms with Crippen LogP contribution in [0.3, 0.4) is 0 Å². The van der Waals surface area contributed by atoms with Gasteiger partial charge in [0.15, 0.2) is 5.82 Å². The molecule has 0 aliphatic carbocycles. The summed E-state index contributed by atoms with van der Waals surface area (Å²) in [5.74, 6) is 1.10. The van der Waals surface area contributed by atoms with Crippen LogP contribution in [0.5, 0.6) is 5.75 Å². The molecule has 9 heteroatoms. The summed E-state index contributed by atoms with van der Waals surface area (Å²) >= 11 is 7.70. The van der Waals surface area contributed by atoms with E-state index in [0.29, 0.717) is 31.8 Å². The number of benzene rings is 3. The first-order valence-corrected chi connectivity index (χ1v) is 12.3. The van der Waals surface area contributed by atoms with E-state index in [4.69, 9.17) is 21.4 Å². The molecule has 0 amide bonds. The molecule has 0 radical (unpaired) electrons. The van der Waals surface area contributed by atoms with Crippen LogP contribution < -0.4 is 14.8 Å². The molecule has 7 nitrogen and oxygen atoms in total. The zero-order valence-electron chi connectivity index (χ0n) is 19.0. The van der Waals surface area contributed by atoms with E-state index in [0.717, 1.165) is 22.4 Å². The number of hydrogen-bond donors (Lipinski definition) is 0. The fourth-order valence-electron chi connectivity index (χ4n) is 3.93. The molecule has 3 aromatic carbocycles. The predicted molar refractivity (Wildman–Crippen MR) is 142 cm³/mol. The number of rotatable bonds is 5. The molecule has 0 aliphatic heterocycles. The van der Waals surface area contributed by atoms with Gasteiger partial charge < -0.3 is 4.74 Å². The van der Waals surface area contributed by atoms with Crippen LogP contribution >= 0.6 is 22.9 Å². The molecule has 6 aromatic rings. The van der Waals surface area contributed by atoms with Gasteiger partial charge >= 0.3 is 0 Å². The average Bonchev–Trinajstić information content (AvgIpc) is 3.60. The Kier molecular flexibility index (Phi) is 5.59. The summed E-state index contributed by atoms with van der Waals surface area (Å²) in [7, 11) is 1.57. The maximum absolute atomic E-state index is 13.2. The van der Waals surface area contributed by atoms with E-state index in [1.165, 1.54) is 15.9 Å². The molecule has 0 spiro atoms. The van der Waals surface area contributed by atoms with Crippen LogP contribution in [0.25, 0.3) is 39.4 Å². The normalized spacial score (nSPS) is 11.9. The SMILES string of the molecule is COc1ccc(-c2nn(-c3ccccc3)cc2/C=c2\sc3nc(-c4ccccc4)nn3c2=O)cc1Cl. The molecule has 36 heavy (non-hydrogen) atoms. The number of hydrogen-bond acceptors (Lipinski definition) is 6. The monoisotopic (exact) mass is 511 g/mol.